The number of furan rings is 1. The number of thioether (sulfide) groups is 1. The number of anilines is 1. The number of imidazole rings is 1. The number of hydrogen-bond donors (Lipinski definition) is 1. The van der Waals surface area contributed by atoms with Crippen LogP contribution in [0, 0.1) is 0 Å². The SMILES string of the molecule is COC(=O)c1cccc(NC(=O)CSc2ncc(-c3ccccc3)n2Cc2ccco2)c1. The number of methoxy groups -OCH3 is 1. The first-order valence-electron chi connectivity index (χ1n) is 9.88. The molecule has 162 valence electrons. The molecule has 2 aromatic carbocycles. The zero-order valence-corrected chi connectivity index (χ0v) is 18.2. The molecule has 0 fully saturated rings. The summed E-state index contributed by atoms with van der Waals surface area (Å²) in [5.41, 5.74) is 2.88. The highest BCUT2D eigenvalue weighted by Gasteiger charge is 2.16. The van der Waals surface area contributed by atoms with Crippen LogP contribution in [0.1, 0.15) is 16.1 Å². The summed E-state index contributed by atoms with van der Waals surface area (Å²) < 4.78 is 12.3. The molecular weight excluding hydrogens is 426 g/mol. The summed E-state index contributed by atoms with van der Waals surface area (Å²) in [5.74, 6) is 0.298. The van der Waals surface area contributed by atoms with Gasteiger partial charge in [-0.05, 0) is 35.9 Å². The van der Waals surface area contributed by atoms with E-state index in [1.807, 2.05) is 47.0 Å². The minimum atomic E-state index is -0.455. The Kier molecular flexibility index (Phi) is 6.72. The average Bonchev–Trinajstić information content (AvgIpc) is 3.48. The molecule has 0 saturated heterocycles. The molecule has 0 radical (unpaired) electrons. The molecule has 32 heavy (non-hydrogen) atoms. The minimum Gasteiger partial charge on any atom is -0.467 e. The second kappa shape index (κ2) is 10.0. The monoisotopic (exact) mass is 447 g/mol. The molecule has 8 heteroatoms. The van der Waals surface area contributed by atoms with Crippen molar-refractivity contribution in [2.45, 2.75) is 11.7 Å². The number of esters is 1. The predicted molar refractivity (Wildman–Crippen MR) is 123 cm³/mol. The van der Waals surface area contributed by atoms with Crippen molar-refractivity contribution in [3.63, 3.8) is 0 Å². The number of benzene rings is 2. The standard InChI is InChI=1S/C24H21N3O4S/c1-30-23(29)18-9-5-10-19(13-18)26-22(28)16-32-24-25-14-21(17-7-3-2-4-8-17)27(24)15-20-11-6-12-31-20/h2-14H,15-16H2,1H3,(H,26,28). The van der Waals surface area contributed by atoms with Crippen molar-refractivity contribution in [2.75, 3.05) is 18.2 Å². The maximum absolute atomic E-state index is 12.5. The third kappa shape index (κ3) is 5.09. The number of carbonyl (C=O) groups is 2. The number of ether oxygens (including phenoxy) is 1. The van der Waals surface area contributed by atoms with Gasteiger partial charge in [0.1, 0.15) is 5.76 Å². The fraction of sp³-hybridized carbons (Fsp3) is 0.125. The zero-order chi connectivity index (χ0) is 22.3. The first-order chi connectivity index (χ1) is 15.6. The lowest BCUT2D eigenvalue weighted by Gasteiger charge is -2.11. The lowest BCUT2D eigenvalue weighted by Crippen LogP contribution is -2.15. The maximum Gasteiger partial charge on any atom is 0.337 e. The lowest BCUT2D eigenvalue weighted by atomic mass is 10.2. The Balaban J connectivity index is 1.49. The molecule has 4 aromatic rings. The molecule has 0 aliphatic carbocycles. The molecule has 0 spiro atoms. The van der Waals surface area contributed by atoms with Gasteiger partial charge in [0.15, 0.2) is 5.16 Å². The van der Waals surface area contributed by atoms with Crippen molar-refractivity contribution >= 4 is 29.3 Å². The number of nitrogens with one attached hydrogen (secondary N) is 1. The van der Waals surface area contributed by atoms with E-state index in [1.54, 1.807) is 36.7 Å². The summed E-state index contributed by atoms with van der Waals surface area (Å²) in [4.78, 5) is 28.8. The van der Waals surface area contributed by atoms with Gasteiger partial charge in [0.25, 0.3) is 0 Å². The Hall–Kier alpha value is -3.78. The van der Waals surface area contributed by atoms with Gasteiger partial charge < -0.3 is 19.0 Å². The van der Waals surface area contributed by atoms with Crippen LogP contribution in [0.2, 0.25) is 0 Å². The summed E-state index contributed by atoms with van der Waals surface area (Å²) in [5, 5.41) is 3.52. The van der Waals surface area contributed by atoms with E-state index >= 15 is 0 Å². The summed E-state index contributed by atoms with van der Waals surface area (Å²) in [7, 11) is 1.32. The molecule has 0 atom stereocenters. The normalized spacial score (nSPS) is 10.7. The molecular formula is C24H21N3O4S. The van der Waals surface area contributed by atoms with Crippen molar-refractivity contribution in [3.05, 3.63) is 90.5 Å². The topological polar surface area (TPSA) is 86.4 Å². The van der Waals surface area contributed by atoms with Crippen LogP contribution in [-0.4, -0.2) is 34.3 Å². The van der Waals surface area contributed by atoms with Crippen molar-refractivity contribution in [1.29, 1.82) is 0 Å². The third-order valence-corrected chi connectivity index (χ3v) is 5.67. The van der Waals surface area contributed by atoms with Gasteiger partial charge in [0.05, 0.1) is 43.1 Å². The van der Waals surface area contributed by atoms with Crippen LogP contribution in [-0.2, 0) is 16.1 Å². The molecule has 0 bridgehead atoms. The number of hydrogen-bond acceptors (Lipinski definition) is 6. The van der Waals surface area contributed by atoms with Gasteiger partial charge in [0.2, 0.25) is 5.91 Å². The Labute approximate surface area is 189 Å². The van der Waals surface area contributed by atoms with Gasteiger partial charge in [-0.25, -0.2) is 9.78 Å². The molecule has 1 N–H and O–H groups in total. The molecule has 0 unspecified atom stereocenters. The third-order valence-electron chi connectivity index (χ3n) is 4.68. The van der Waals surface area contributed by atoms with E-state index in [0.717, 1.165) is 17.0 Å². The number of amides is 1. The van der Waals surface area contributed by atoms with Gasteiger partial charge in [-0.1, -0.05) is 48.2 Å². The lowest BCUT2D eigenvalue weighted by molar-refractivity contribution is -0.113. The molecule has 2 heterocycles. The highest BCUT2D eigenvalue weighted by atomic mass is 32.2. The molecule has 0 saturated carbocycles. The van der Waals surface area contributed by atoms with E-state index in [2.05, 4.69) is 10.3 Å². The molecule has 7 nitrogen and oxygen atoms in total. The van der Waals surface area contributed by atoms with E-state index in [4.69, 9.17) is 9.15 Å². The summed E-state index contributed by atoms with van der Waals surface area (Å²) >= 11 is 1.33. The number of rotatable bonds is 8. The Morgan fingerprint density at radius 3 is 2.69 bits per heavy atom. The van der Waals surface area contributed by atoms with E-state index < -0.39 is 5.97 Å². The van der Waals surface area contributed by atoms with Crippen LogP contribution < -0.4 is 5.32 Å². The van der Waals surface area contributed by atoms with Crippen LogP contribution in [0.4, 0.5) is 5.69 Å². The van der Waals surface area contributed by atoms with E-state index in [1.165, 1.54) is 18.9 Å². The molecule has 0 aliphatic rings. The Bertz CT molecular complexity index is 1200. The van der Waals surface area contributed by atoms with Gasteiger partial charge in [-0.2, -0.15) is 0 Å². The van der Waals surface area contributed by atoms with Crippen molar-refractivity contribution in [1.82, 2.24) is 9.55 Å². The smallest absolute Gasteiger partial charge is 0.337 e. The van der Waals surface area contributed by atoms with E-state index in [-0.39, 0.29) is 11.7 Å². The highest BCUT2D eigenvalue weighted by Crippen LogP contribution is 2.27. The summed E-state index contributed by atoms with van der Waals surface area (Å²) in [6.07, 6.45) is 3.44. The van der Waals surface area contributed by atoms with Gasteiger partial charge in [-0.15, -0.1) is 0 Å². The van der Waals surface area contributed by atoms with E-state index in [0.29, 0.717) is 23.0 Å². The number of aromatic nitrogens is 2. The molecule has 0 aliphatic heterocycles. The van der Waals surface area contributed by atoms with Crippen LogP contribution >= 0.6 is 11.8 Å². The largest absolute Gasteiger partial charge is 0.467 e. The predicted octanol–water partition coefficient (Wildman–Crippen LogP) is 4.71. The summed E-state index contributed by atoms with van der Waals surface area (Å²) in [6.45, 7) is 0.502. The molecule has 4 rings (SSSR count). The second-order valence-electron chi connectivity index (χ2n) is 6.87. The average molecular weight is 448 g/mol. The fourth-order valence-corrected chi connectivity index (χ4v) is 3.97. The number of nitrogens with zero attached hydrogens (tertiary/aromatic N) is 2. The van der Waals surface area contributed by atoms with Crippen LogP contribution in [0.3, 0.4) is 0 Å². The number of carbonyl (C=O) groups excluding carboxylic acids is 2. The summed E-state index contributed by atoms with van der Waals surface area (Å²) in [6, 6.07) is 20.3. The molecule has 1 amide bonds. The van der Waals surface area contributed by atoms with Gasteiger partial charge in [0, 0.05) is 5.69 Å². The zero-order valence-electron chi connectivity index (χ0n) is 17.4. The van der Waals surface area contributed by atoms with Crippen LogP contribution in [0.5, 0.6) is 0 Å². The van der Waals surface area contributed by atoms with Gasteiger partial charge in [-0.3, -0.25) is 4.79 Å². The quantitative estimate of drug-likeness (QED) is 0.311. The minimum absolute atomic E-state index is 0.159. The van der Waals surface area contributed by atoms with Crippen molar-refractivity contribution in [3.8, 4) is 11.3 Å². The highest BCUT2D eigenvalue weighted by molar-refractivity contribution is 7.99. The maximum atomic E-state index is 12.5. The van der Waals surface area contributed by atoms with Crippen molar-refractivity contribution in [2.24, 2.45) is 0 Å². The van der Waals surface area contributed by atoms with Crippen LogP contribution in [0.25, 0.3) is 11.3 Å². The Morgan fingerprint density at radius 1 is 1.09 bits per heavy atom. The van der Waals surface area contributed by atoms with Crippen molar-refractivity contribution < 1.29 is 18.7 Å². The molecule has 2 aromatic heterocycles. The Morgan fingerprint density at radius 2 is 1.94 bits per heavy atom. The van der Waals surface area contributed by atoms with Gasteiger partial charge >= 0.3 is 5.97 Å². The first kappa shape index (κ1) is 21.5. The first-order valence-corrected chi connectivity index (χ1v) is 10.9. The van der Waals surface area contributed by atoms with Crippen LogP contribution in [0.15, 0.2) is 88.8 Å². The second-order valence-corrected chi connectivity index (χ2v) is 7.81. The fourth-order valence-electron chi connectivity index (χ4n) is 3.19. The van der Waals surface area contributed by atoms with E-state index in [9.17, 15) is 9.59 Å².